The Balaban J connectivity index is 1.44. The molecular formula is C22H28N2O3. The Morgan fingerprint density at radius 1 is 0.926 bits per heavy atom. The predicted molar refractivity (Wildman–Crippen MR) is 108 cm³/mol. The van der Waals surface area contributed by atoms with E-state index in [9.17, 15) is 4.79 Å². The third-order valence-corrected chi connectivity index (χ3v) is 4.85. The minimum Gasteiger partial charge on any atom is -0.497 e. The Kier molecular flexibility index (Phi) is 6.22. The van der Waals surface area contributed by atoms with Gasteiger partial charge in [-0.05, 0) is 61.4 Å². The third-order valence-electron chi connectivity index (χ3n) is 4.85. The number of carbonyl (C=O) groups excluding carboxylic acids is 1. The first-order chi connectivity index (χ1) is 13.0. The van der Waals surface area contributed by atoms with E-state index in [4.69, 9.17) is 9.47 Å². The number of amides is 1. The molecule has 2 aromatic carbocycles. The minimum atomic E-state index is 0.161. The second kappa shape index (κ2) is 8.80. The maximum absolute atomic E-state index is 12.5. The molecule has 0 N–H and O–H groups in total. The smallest absolute Gasteiger partial charge is 0.226 e. The van der Waals surface area contributed by atoms with E-state index in [1.165, 1.54) is 16.8 Å². The van der Waals surface area contributed by atoms with E-state index >= 15 is 0 Å². The molecule has 0 aromatic heterocycles. The highest BCUT2D eigenvalue weighted by atomic mass is 16.5. The number of methoxy groups -OCH3 is 1. The van der Waals surface area contributed by atoms with Gasteiger partial charge in [-0.15, -0.1) is 0 Å². The van der Waals surface area contributed by atoms with Crippen LogP contribution in [0.1, 0.15) is 17.5 Å². The van der Waals surface area contributed by atoms with Gasteiger partial charge < -0.3 is 19.3 Å². The summed E-state index contributed by atoms with van der Waals surface area (Å²) in [7, 11) is 1.67. The van der Waals surface area contributed by atoms with Crippen molar-refractivity contribution in [1.29, 1.82) is 0 Å². The normalized spacial score (nSPS) is 14.2. The van der Waals surface area contributed by atoms with Crippen LogP contribution in [0.5, 0.6) is 11.5 Å². The van der Waals surface area contributed by atoms with Gasteiger partial charge in [0.1, 0.15) is 11.5 Å². The molecule has 2 aromatic rings. The van der Waals surface area contributed by atoms with Crippen molar-refractivity contribution >= 4 is 11.6 Å². The number of nitrogens with zero attached hydrogens (tertiary/aromatic N) is 2. The van der Waals surface area contributed by atoms with E-state index in [-0.39, 0.29) is 5.91 Å². The molecule has 0 unspecified atom stereocenters. The molecule has 0 saturated carbocycles. The summed E-state index contributed by atoms with van der Waals surface area (Å²) in [5, 5.41) is 0. The number of benzene rings is 2. The quantitative estimate of drug-likeness (QED) is 0.783. The lowest BCUT2D eigenvalue weighted by Crippen LogP contribution is -2.49. The summed E-state index contributed by atoms with van der Waals surface area (Å²) in [4.78, 5) is 16.7. The molecule has 0 radical (unpaired) electrons. The molecule has 1 amide bonds. The zero-order chi connectivity index (χ0) is 19.2. The van der Waals surface area contributed by atoms with Crippen LogP contribution in [0, 0.1) is 13.8 Å². The summed E-state index contributed by atoms with van der Waals surface area (Å²) in [5.41, 5.74) is 3.51. The molecule has 1 heterocycles. The number of anilines is 1. The fourth-order valence-corrected chi connectivity index (χ4v) is 3.44. The second-order valence-electron chi connectivity index (χ2n) is 6.99. The fraction of sp³-hybridized carbons (Fsp3) is 0.409. The summed E-state index contributed by atoms with van der Waals surface area (Å²) in [6.07, 6.45) is 0.412. The van der Waals surface area contributed by atoms with Gasteiger partial charge in [-0.1, -0.05) is 6.07 Å². The van der Waals surface area contributed by atoms with Crippen LogP contribution in [0.2, 0.25) is 0 Å². The van der Waals surface area contributed by atoms with Crippen LogP contribution in [0.15, 0.2) is 42.5 Å². The van der Waals surface area contributed by atoms with Crippen molar-refractivity contribution < 1.29 is 14.3 Å². The Bertz CT molecular complexity index is 745. The van der Waals surface area contributed by atoms with Crippen molar-refractivity contribution in [2.24, 2.45) is 0 Å². The molecule has 1 fully saturated rings. The standard InChI is InChI=1S/C22H28N2O3/c1-17-14-18(2)16-21(15-17)27-13-8-22(25)24-11-9-23(10-12-24)19-4-6-20(26-3)7-5-19/h4-7,14-16H,8-13H2,1-3H3. The highest BCUT2D eigenvalue weighted by molar-refractivity contribution is 5.76. The van der Waals surface area contributed by atoms with Gasteiger partial charge in [-0.3, -0.25) is 4.79 Å². The zero-order valence-electron chi connectivity index (χ0n) is 16.4. The van der Waals surface area contributed by atoms with E-state index in [0.717, 1.165) is 37.7 Å². The van der Waals surface area contributed by atoms with Crippen LogP contribution < -0.4 is 14.4 Å². The van der Waals surface area contributed by atoms with Crippen LogP contribution in [-0.4, -0.2) is 50.7 Å². The van der Waals surface area contributed by atoms with Crippen LogP contribution in [0.3, 0.4) is 0 Å². The number of piperazine rings is 1. The van der Waals surface area contributed by atoms with Crippen molar-refractivity contribution in [3.63, 3.8) is 0 Å². The fourth-order valence-electron chi connectivity index (χ4n) is 3.44. The zero-order valence-corrected chi connectivity index (χ0v) is 16.4. The van der Waals surface area contributed by atoms with E-state index < -0.39 is 0 Å². The Labute approximate surface area is 161 Å². The van der Waals surface area contributed by atoms with Crippen molar-refractivity contribution in [3.8, 4) is 11.5 Å². The first-order valence-corrected chi connectivity index (χ1v) is 9.43. The van der Waals surface area contributed by atoms with E-state index in [1.807, 2.05) is 43.0 Å². The summed E-state index contributed by atoms with van der Waals surface area (Å²) in [6.45, 7) is 7.69. The van der Waals surface area contributed by atoms with Crippen molar-refractivity contribution in [1.82, 2.24) is 4.90 Å². The number of hydrogen-bond acceptors (Lipinski definition) is 4. The maximum atomic E-state index is 12.5. The summed E-state index contributed by atoms with van der Waals surface area (Å²) < 4.78 is 11.0. The summed E-state index contributed by atoms with van der Waals surface area (Å²) in [5.74, 6) is 1.86. The SMILES string of the molecule is COc1ccc(N2CCN(C(=O)CCOc3cc(C)cc(C)c3)CC2)cc1. The van der Waals surface area contributed by atoms with E-state index in [1.54, 1.807) is 7.11 Å². The van der Waals surface area contributed by atoms with E-state index in [2.05, 4.69) is 23.1 Å². The average Bonchev–Trinajstić information content (AvgIpc) is 2.67. The van der Waals surface area contributed by atoms with Gasteiger partial charge in [0.05, 0.1) is 20.1 Å². The molecule has 1 aliphatic rings. The largest absolute Gasteiger partial charge is 0.497 e. The molecule has 0 aliphatic carbocycles. The molecule has 0 bridgehead atoms. The Morgan fingerprint density at radius 2 is 1.56 bits per heavy atom. The van der Waals surface area contributed by atoms with Gasteiger partial charge in [0.15, 0.2) is 0 Å². The number of ether oxygens (including phenoxy) is 2. The lowest BCUT2D eigenvalue weighted by Gasteiger charge is -2.36. The molecule has 1 aliphatic heterocycles. The molecule has 3 rings (SSSR count). The van der Waals surface area contributed by atoms with Crippen LogP contribution in [0.4, 0.5) is 5.69 Å². The number of rotatable bonds is 6. The highest BCUT2D eigenvalue weighted by Crippen LogP contribution is 2.21. The molecule has 5 nitrogen and oxygen atoms in total. The molecule has 5 heteroatoms. The third kappa shape index (κ3) is 5.16. The van der Waals surface area contributed by atoms with Crippen LogP contribution in [-0.2, 0) is 4.79 Å². The summed E-state index contributed by atoms with van der Waals surface area (Å²) in [6, 6.07) is 14.2. The lowest BCUT2D eigenvalue weighted by atomic mass is 10.1. The van der Waals surface area contributed by atoms with Gasteiger partial charge in [0.25, 0.3) is 0 Å². The highest BCUT2D eigenvalue weighted by Gasteiger charge is 2.21. The van der Waals surface area contributed by atoms with Crippen molar-refractivity contribution in [3.05, 3.63) is 53.6 Å². The molecule has 0 atom stereocenters. The average molecular weight is 368 g/mol. The summed E-state index contributed by atoms with van der Waals surface area (Å²) >= 11 is 0. The van der Waals surface area contributed by atoms with Gasteiger partial charge >= 0.3 is 0 Å². The van der Waals surface area contributed by atoms with Crippen molar-refractivity contribution in [2.45, 2.75) is 20.3 Å². The lowest BCUT2D eigenvalue weighted by molar-refractivity contribution is -0.132. The molecule has 0 spiro atoms. The molecule has 1 saturated heterocycles. The first-order valence-electron chi connectivity index (χ1n) is 9.43. The topological polar surface area (TPSA) is 42.0 Å². The van der Waals surface area contributed by atoms with Crippen LogP contribution >= 0.6 is 0 Å². The van der Waals surface area contributed by atoms with Gasteiger partial charge in [-0.2, -0.15) is 0 Å². The van der Waals surface area contributed by atoms with Gasteiger partial charge in [-0.25, -0.2) is 0 Å². The van der Waals surface area contributed by atoms with E-state index in [0.29, 0.717) is 13.0 Å². The number of aryl methyl sites for hydroxylation is 2. The van der Waals surface area contributed by atoms with Gasteiger partial charge in [0, 0.05) is 31.9 Å². The number of hydrogen-bond donors (Lipinski definition) is 0. The minimum absolute atomic E-state index is 0.161. The van der Waals surface area contributed by atoms with Crippen LogP contribution in [0.25, 0.3) is 0 Å². The first kappa shape index (κ1) is 19.1. The molecule has 27 heavy (non-hydrogen) atoms. The van der Waals surface area contributed by atoms with Gasteiger partial charge in [0.2, 0.25) is 5.91 Å². The number of carbonyl (C=O) groups is 1. The Hall–Kier alpha value is -2.69. The monoisotopic (exact) mass is 368 g/mol. The Morgan fingerprint density at radius 3 is 2.15 bits per heavy atom. The second-order valence-corrected chi connectivity index (χ2v) is 6.99. The molecule has 144 valence electrons. The maximum Gasteiger partial charge on any atom is 0.226 e. The predicted octanol–water partition coefficient (Wildman–Crippen LogP) is 3.43. The van der Waals surface area contributed by atoms with Crippen molar-refractivity contribution in [2.75, 3.05) is 44.8 Å². The molecular weight excluding hydrogens is 340 g/mol.